The molecule has 2 aromatic rings. The largest absolute Gasteiger partial charge is 0.500 e. The fraction of sp³-hybridized carbons (Fsp3) is 0.429. The summed E-state index contributed by atoms with van der Waals surface area (Å²) in [5, 5.41) is 21.7. The highest BCUT2D eigenvalue weighted by Crippen LogP contribution is 2.20. The number of hydrogen-bond donors (Lipinski definition) is 2. The van der Waals surface area contributed by atoms with Crippen LogP contribution in [0, 0.1) is 0 Å². The fourth-order valence-corrected chi connectivity index (χ4v) is 4.41. The number of aliphatic hydroxyl groups excluding tert-OH is 1. The molecule has 0 aliphatic rings. The number of benzene rings is 2. The highest BCUT2D eigenvalue weighted by molar-refractivity contribution is 6.60. The maximum atomic E-state index is 10.1. The van der Waals surface area contributed by atoms with E-state index >= 15 is 0 Å². The van der Waals surface area contributed by atoms with E-state index < -0.39 is 14.9 Å². The zero-order chi connectivity index (χ0) is 21.7. The monoisotopic (exact) mass is 433 g/mol. The molecule has 2 N–H and O–H groups in total. The first-order valence-electron chi connectivity index (χ1n) is 9.83. The van der Waals surface area contributed by atoms with Crippen molar-refractivity contribution in [1.29, 1.82) is 0 Å². The molecule has 0 saturated carbocycles. The minimum Gasteiger partial charge on any atom is -0.389 e. The first-order chi connectivity index (χ1) is 14.6. The van der Waals surface area contributed by atoms with Crippen molar-refractivity contribution >= 4 is 25.9 Å². The Kier molecular flexibility index (Phi) is 10.6. The number of azo groups is 1. The molecule has 0 heterocycles. The predicted molar refractivity (Wildman–Crippen MR) is 119 cm³/mol. The smallest absolute Gasteiger partial charge is 0.389 e. The molecule has 0 bridgehead atoms. The Labute approximate surface area is 179 Å². The van der Waals surface area contributed by atoms with E-state index in [2.05, 4.69) is 15.5 Å². The van der Waals surface area contributed by atoms with Crippen molar-refractivity contribution < 1.29 is 23.1 Å². The van der Waals surface area contributed by atoms with Gasteiger partial charge >= 0.3 is 8.80 Å². The van der Waals surface area contributed by atoms with Crippen molar-refractivity contribution in [2.75, 3.05) is 46.4 Å². The second-order valence-electron chi connectivity index (χ2n) is 6.59. The number of ether oxygens (including phenoxy) is 1. The average molecular weight is 434 g/mol. The van der Waals surface area contributed by atoms with Crippen LogP contribution in [-0.2, 0) is 18.0 Å². The standard InChI is InChI=1S/C21H31N3O5Si/c1-26-30(27-2,28-3)15-7-14-29-17-21(25)16-22-18-10-12-20(13-11-18)24-23-19-8-5-4-6-9-19/h4-6,8-13,21-22,25H,7,14-17H2,1-3H3. The van der Waals surface area contributed by atoms with Gasteiger partial charge in [-0.3, -0.25) is 0 Å². The van der Waals surface area contributed by atoms with Crippen LogP contribution in [0.15, 0.2) is 64.8 Å². The topological polar surface area (TPSA) is 93.9 Å². The number of rotatable bonds is 14. The Morgan fingerprint density at radius 3 is 2.10 bits per heavy atom. The van der Waals surface area contributed by atoms with Crippen molar-refractivity contribution in [2.24, 2.45) is 10.2 Å². The van der Waals surface area contributed by atoms with Crippen molar-refractivity contribution in [2.45, 2.75) is 18.6 Å². The summed E-state index contributed by atoms with van der Waals surface area (Å²) in [5.74, 6) is 0. The fourth-order valence-electron chi connectivity index (χ4n) is 2.72. The quantitative estimate of drug-likeness (QED) is 0.264. The summed E-state index contributed by atoms with van der Waals surface area (Å²) in [7, 11) is 2.22. The number of nitrogens with zero attached hydrogens (tertiary/aromatic N) is 2. The molecular formula is C21H31N3O5Si. The number of aliphatic hydroxyl groups is 1. The minimum absolute atomic E-state index is 0.248. The number of hydrogen-bond acceptors (Lipinski definition) is 8. The molecule has 0 amide bonds. The van der Waals surface area contributed by atoms with Crippen molar-refractivity contribution in [3.05, 3.63) is 54.6 Å². The van der Waals surface area contributed by atoms with Crippen LogP contribution < -0.4 is 5.32 Å². The van der Waals surface area contributed by atoms with E-state index in [1.54, 1.807) is 21.3 Å². The van der Waals surface area contributed by atoms with Crippen LogP contribution in [0.25, 0.3) is 0 Å². The first kappa shape index (κ1) is 24.1. The Balaban J connectivity index is 1.65. The molecule has 30 heavy (non-hydrogen) atoms. The molecule has 0 saturated heterocycles. The lowest BCUT2D eigenvalue weighted by atomic mass is 10.2. The zero-order valence-corrected chi connectivity index (χ0v) is 18.8. The Hall–Kier alpha value is -2.14. The van der Waals surface area contributed by atoms with Crippen LogP contribution in [0.5, 0.6) is 0 Å². The Morgan fingerprint density at radius 2 is 1.50 bits per heavy atom. The summed E-state index contributed by atoms with van der Waals surface area (Å²) < 4.78 is 21.6. The first-order valence-corrected chi connectivity index (χ1v) is 11.8. The van der Waals surface area contributed by atoms with Crippen molar-refractivity contribution in [1.82, 2.24) is 0 Å². The van der Waals surface area contributed by atoms with Gasteiger partial charge in [-0.1, -0.05) is 18.2 Å². The highest BCUT2D eigenvalue weighted by Gasteiger charge is 2.36. The summed E-state index contributed by atoms with van der Waals surface area (Å²) in [6.45, 7) is 1.14. The van der Waals surface area contributed by atoms with Gasteiger partial charge < -0.3 is 28.4 Å². The lowest BCUT2D eigenvalue weighted by Crippen LogP contribution is -2.42. The van der Waals surface area contributed by atoms with Crippen LogP contribution in [0.1, 0.15) is 6.42 Å². The third-order valence-corrected chi connectivity index (χ3v) is 7.29. The second kappa shape index (κ2) is 13.2. The summed E-state index contributed by atoms with van der Waals surface area (Å²) in [5.41, 5.74) is 2.46. The summed E-state index contributed by atoms with van der Waals surface area (Å²) >= 11 is 0. The van der Waals surface area contributed by atoms with Gasteiger partial charge in [0.2, 0.25) is 0 Å². The molecule has 9 heteroatoms. The van der Waals surface area contributed by atoms with Crippen LogP contribution >= 0.6 is 0 Å². The molecule has 0 aromatic heterocycles. The molecule has 2 aromatic carbocycles. The van der Waals surface area contributed by atoms with Crippen LogP contribution in [-0.4, -0.2) is 61.1 Å². The van der Waals surface area contributed by atoms with Crippen LogP contribution in [0.4, 0.5) is 17.1 Å². The maximum Gasteiger partial charge on any atom is 0.500 e. The van der Waals surface area contributed by atoms with Gasteiger partial charge in [0.25, 0.3) is 0 Å². The van der Waals surface area contributed by atoms with E-state index in [9.17, 15) is 5.11 Å². The van der Waals surface area contributed by atoms with Crippen LogP contribution in [0.3, 0.4) is 0 Å². The van der Waals surface area contributed by atoms with Crippen LogP contribution in [0.2, 0.25) is 6.04 Å². The third-order valence-electron chi connectivity index (χ3n) is 4.46. The molecule has 0 spiro atoms. The van der Waals surface area contributed by atoms with Gasteiger partial charge in [0.1, 0.15) is 0 Å². The SMILES string of the molecule is CO[Si](CCCOCC(O)CNc1ccc(N=Nc2ccccc2)cc1)(OC)OC. The summed E-state index contributed by atoms with van der Waals surface area (Å²) in [6.07, 6.45) is 0.123. The normalized spacial score (nSPS) is 12.9. The van der Waals surface area contributed by atoms with E-state index in [0.717, 1.165) is 23.5 Å². The van der Waals surface area contributed by atoms with E-state index in [1.165, 1.54) is 0 Å². The van der Waals surface area contributed by atoms with E-state index in [-0.39, 0.29) is 6.61 Å². The average Bonchev–Trinajstić information content (AvgIpc) is 2.80. The molecule has 1 unspecified atom stereocenters. The molecule has 0 radical (unpaired) electrons. The van der Waals surface area contributed by atoms with Gasteiger partial charge in [0, 0.05) is 46.2 Å². The molecular weight excluding hydrogens is 402 g/mol. The van der Waals surface area contributed by atoms with Crippen molar-refractivity contribution in [3.8, 4) is 0 Å². The molecule has 1 atom stereocenters. The lowest BCUT2D eigenvalue weighted by molar-refractivity contribution is 0.0412. The third kappa shape index (κ3) is 8.31. The van der Waals surface area contributed by atoms with Gasteiger partial charge in [-0.05, 0) is 42.8 Å². The highest BCUT2D eigenvalue weighted by atomic mass is 28.4. The van der Waals surface area contributed by atoms with Crippen molar-refractivity contribution in [3.63, 3.8) is 0 Å². The number of nitrogens with one attached hydrogen (secondary N) is 1. The molecule has 164 valence electrons. The van der Waals surface area contributed by atoms with Gasteiger partial charge in [-0.25, -0.2) is 0 Å². The van der Waals surface area contributed by atoms with E-state index in [4.69, 9.17) is 18.0 Å². The molecule has 0 aliphatic heterocycles. The van der Waals surface area contributed by atoms with E-state index in [0.29, 0.717) is 19.2 Å². The molecule has 8 nitrogen and oxygen atoms in total. The number of anilines is 1. The molecule has 0 fully saturated rings. The Bertz CT molecular complexity index is 734. The van der Waals surface area contributed by atoms with Gasteiger partial charge in [0.15, 0.2) is 0 Å². The molecule has 2 rings (SSSR count). The second-order valence-corrected chi connectivity index (χ2v) is 9.68. The predicted octanol–water partition coefficient (Wildman–Crippen LogP) is 4.16. The Morgan fingerprint density at radius 1 is 0.900 bits per heavy atom. The lowest BCUT2D eigenvalue weighted by Gasteiger charge is -2.24. The van der Waals surface area contributed by atoms with Gasteiger partial charge in [0.05, 0.1) is 24.1 Å². The minimum atomic E-state index is -2.55. The zero-order valence-electron chi connectivity index (χ0n) is 17.8. The summed E-state index contributed by atoms with van der Waals surface area (Å²) in [6, 6.07) is 17.8. The maximum absolute atomic E-state index is 10.1. The summed E-state index contributed by atoms with van der Waals surface area (Å²) in [4.78, 5) is 0. The van der Waals surface area contributed by atoms with Gasteiger partial charge in [-0.15, -0.1) is 0 Å². The van der Waals surface area contributed by atoms with Gasteiger partial charge in [-0.2, -0.15) is 10.2 Å². The molecule has 0 aliphatic carbocycles. The van der Waals surface area contributed by atoms with E-state index in [1.807, 2.05) is 54.6 Å².